The highest BCUT2D eigenvalue weighted by Gasteiger charge is 2.47. The lowest BCUT2D eigenvalue weighted by Crippen LogP contribution is -2.28. The fraction of sp³-hybridized carbons (Fsp3) is 0.310. The Bertz CT molecular complexity index is 4700. The number of carbonyl (C=O) groups excluding carboxylic acids is 2. The summed E-state index contributed by atoms with van der Waals surface area (Å²) in [7, 11) is -29.6. The summed E-state index contributed by atoms with van der Waals surface area (Å²) in [5, 5.41) is 5.34. The molecule has 0 saturated heterocycles. The van der Waals surface area contributed by atoms with E-state index in [1.54, 1.807) is 61.5 Å². The quantitative estimate of drug-likeness (QED) is 0.0121. The first-order valence-corrected chi connectivity index (χ1v) is 36.4. The Morgan fingerprint density at radius 1 is 0.607 bits per heavy atom. The summed E-state index contributed by atoms with van der Waals surface area (Å²) >= 11 is 0. The molecule has 0 bridgehead atoms. The molecule has 3 heterocycles. The summed E-state index contributed by atoms with van der Waals surface area (Å²) in [5.74, 6) is -2.03. The molecule has 31 heteroatoms. The maximum atomic E-state index is 13.5. The molecular weight excluding hydrogens is 1280 g/mol. The number of hydrogen-bond donors (Lipinski definition) is 8. The van der Waals surface area contributed by atoms with Crippen LogP contribution in [0.3, 0.4) is 0 Å². The van der Waals surface area contributed by atoms with E-state index >= 15 is 0 Å². The topological polar surface area (TPSA) is 404 Å². The number of pyridine rings is 1. The second kappa shape index (κ2) is 25.6. The van der Waals surface area contributed by atoms with E-state index in [9.17, 15) is 87.4 Å². The van der Waals surface area contributed by atoms with Gasteiger partial charge in [-0.25, -0.2) is 0 Å². The molecule has 0 spiro atoms. The van der Waals surface area contributed by atoms with Crippen molar-refractivity contribution in [1.82, 2.24) is 15.6 Å². The predicted molar refractivity (Wildman–Crippen MR) is 331 cm³/mol. The van der Waals surface area contributed by atoms with Crippen LogP contribution in [0.15, 0.2) is 147 Å². The van der Waals surface area contributed by atoms with Crippen LogP contribution in [0.25, 0.3) is 27.1 Å². The highest BCUT2D eigenvalue weighted by Crippen LogP contribution is 2.52. The fourth-order valence-electron chi connectivity index (χ4n) is 11.3. The van der Waals surface area contributed by atoms with Gasteiger partial charge in [-0.3, -0.25) is 41.9 Å². The van der Waals surface area contributed by atoms with Crippen LogP contribution in [-0.4, -0.2) is 136 Å². The number of anilines is 1. The van der Waals surface area contributed by atoms with Gasteiger partial charge >= 0.3 is 0 Å². The zero-order valence-electron chi connectivity index (χ0n) is 48.2. The number of aromatic nitrogens is 1. The SMILES string of the molecule is CC1(C)C(/C=C/C(=C/C=C2/N(CCCS(=O)(=O)O)c3ccc4c(S(=O)(=O)O)cc(S(=O)(=O)O)cc4c3C2(C)C)c2ccc(C(=O)NCCCCCC(=O)NCc3ccccc3)cn2)=[N+](CCCS(=O)(=O)O)c2ccc3c(S(=O)(=O)O)cc(S(=O)(=O)O)cc3c21. The van der Waals surface area contributed by atoms with Gasteiger partial charge in [0.1, 0.15) is 16.3 Å². The van der Waals surface area contributed by atoms with E-state index in [0.717, 1.165) is 17.7 Å². The molecule has 0 atom stereocenters. The zero-order valence-corrected chi connectivity index (χ0v) is 53.1. The van der Waals surface area contributed by atoms with Crippen LogP contribution in [0, 0.1) is 0 Å². The third kappa shape index (κ3) is 15.7. The molecule has 0 fully saturated rings. The van der Waals surface area contributed by atoms with Crippen LogP contribution in [-0.2, 0) is 82.9 Å². The molecule has 0 radical (unpaired) electrons. The average molecular weight is 1340 g/mol. The lowest BCUT2D eigenvalue weighted by molar-refractivity contribution is -0.437. The van der Waals surface area contributed by atoms with Crippen LogP contribution < -0.4 is 15.5 Å². The molecule has 2 aliphatic rings. The van der Waals surface area contributed by atoms with Crippen LogP contribution in [0.2, 0.25) is 0 Å². The minimum atomic E-state index is -5.16. The van der Waals surface area contributed by atoms with E-state index in [4.69, 9.17) is 0 Å². The number of rotatable bonds is 25. The van der Waals surface area contributed by atoms with Gasteiger partial charge in [-0.2, -0.15) is 55.1 Å². The molecule has 2 amide bonds. The minimum absolute atomic E-state index is 0.0477. The van der Waals surface area contributed by atoms with Crippen LogP contribution >= 0.6 is 0 Å². The van der Waals surface area contributed by atoms with Gasteiger partial charge < -0.3 is 15.5 Å². The molecule has 0 unspecified atom stereocenters. The number of carbonyl (C=O) groups is 2. The summed E-state index contributed by atoms with van der Waals surface area (Å²) in [6.07, 6.45) is 9.26. The highest BCUT2D eigenvalue weighted by atomic mass is 32.2. The van der Waals surface area contributed by atoms with Crippen molar-refractivity contribution in [2.75, 3.05) is 36.0 Å². The third-order valence-corrected chi connectivity index (χ3v) is 20.4. The summed E-state index contributed by atoms with van der Waals surface area (Å²) in [6.45, 7) is 7.08. The Kier molecular flexibility index (Phi) is 19.5. The van der Waals surface area contributed by atoms with Gasteiger partial charge in [0.15, 0.2) is 5.71 Å². The largest absolute Gasteiger partial charge is 0.352 e. The van der Waals surface area contributed by atoms with Crippen LogP contribution in [0.4, 0.5) is 11.4 Å². The highest BCUT2D eigenvalue weighted by molar-refractivity contribution is 7.87. The van der Waals surface area contributed by atoms with Crippen molar-refractivity contribution in [1.29, 1.82) is 0 Å². The maximum absolute atomic E-state index is 13.5. The fourth-order valence-corrected chi connectivity index (χ4v) is 15.0. The Labute approximate surface area is 515 Å². The van der Waals surface area contributed by atoms with Gasteiger partial charge in [0.25, 0.3) is 66.6 Å². The van der Waals surface area contributed by atoms with E-state index in [1.165, 1.54) is 42.6 Å². The molecule has 0 saturated carbocycles. The lowest BCUT2D eigenvalue weighted by atomic mass is 9.79. The van der Waals surface area contributed by atoms with Crippen molar-refractivity contribution in [2.45, 2.75) is 103 Å². The van der Waals surface area contributed by atoms with E-state index in [-0.39, 0.29) is 87.9 Å². The molecule has 89 heavy (non-hydrogen) atoms. The molecule has 0 aliphatic carbocycles. The monoisotopic (exact) mass is 1340 g/mol. The Hall–Kier alpha value is -7.14. The average Bonchev–Trinajstić information content (AvgIpc) is 1.64. The minimum Gasteiger partial charge on any atom is -0.352 e. The Morgan fingerprint density at radius 2 is 1.19 bits per heavy atom. The second-order valence-corrected chi connectivity index (χ2v) is 31.1. The van der Waals surface area contributed by atoms with Gasteiger partial charge in [-0.15, -0.1) is 0 Å². The van der Waals surface area contributed by atoms with E-state index in [1.807, 2.05) is 30.3 Å². The summed E-state index contributed by atoms with van der Waals surface area (Å²) < 4.78 is 213. The molecule has 8 N–H and O–H groups in total. The summed E-state index contributed by atoms with van der Waals surface area (Å²) in [5.41, 5.74) is 0.725. The molecule has 6 aromatic rings. The third-order valence-electron chi connectivity index (χ3n) is 15.4. The molecule has 1 aromatic heterocycles. The van der Waals surface area contributed by atoms with Gasteiger partial charge in [0.2, 0.25) is 11.6 Å². The second-order valence-electron chi connectivity index (χ2n) is 22.3. The van der Waals surface area contributed by atoms with Crippen LogP contribution in [0.5, 0.6) is 0 Å². The zero-order chi connectivity index (χ0) is 65.5. The van der Waals surface area contributed by atoms with Crippen molar-refractivity contribution in [3.63, 3.8) is 0 Å². The van der Waals surface area contributed by atoms with Crippen LogP contribution in [0.1, 0.15) is 99.0 Å². The first-order valence-electron chi connectivity index (χ1n) is 27.4. The number of fused-ring (bicyclic) bond motifs is 6. The van der Waals surface area contributed by atoms with Crippen molar-refractivity contribution >= 4 is 117 Å². The van der Waals surface area contributed by atoms with Crippen molar-refractivity contribution in [2.24, 2.45) is 0 Å². The molecule has 25 nitrogen and oxygen atoms in total. The van der Waals surface area contributed by atoms with E-state index in [2.05, 4.69) is 15.6 Å². The molecule has 2 aliphatic heterocycles. The predicted octanol–water partition coefficient (Wildman–Crippen LogP) is 7.23. The number of hydrogen-bond acceptors (Lipinski definition) is 16. The van der Waals surface area contributed by atoms with Crippen molar-refractivity contribution in [3.8, 4) is 0 Å². The van der Waals surface area contributed by atoms with Gasteiger partial charge in [-0.05, 0) is 116 Å². The number of allylic oxidation sites excluding steroid dienone is 6. The number of benzene rings is 5. The number of nitrogens with one attached hydrogen (secondary N) is 2. The lowest BCUT2D eigenvalue weighted by Gasteiger charge is -2.27. The van der Waals surface area contributed by atoms with Gasteiger partial charge in [0, 0.05) is 89.5 Å². The van der Waals surface area contributed by atoms with Crippen molar-refractivity contribution < 1.29 is 92.0 Å². The van der Waals surface area contributed by atoms with E-state index < -0.39 is 109 Å². The number of unbranched alkanes of at least 4 members (excludes halogenated alkanes) is 2. The smallest absolute Gasteiger partial charge is 0.295 e. The van der Waals surface area contributed by atoms with E-state index in [0.29, 0.717) is 67.1 Å². The molecule has 5 aromatic carbocycles. The maximum Gasteiger partial charge on any atom is 0.295 e. The summed E-state index contributed by atoms with van der Waals surface area (Å²) in [4.78, 5) is 28.8. The van der Waals surface area contributed by atoms with Gasteiger partial charge in [-0.1, -0.05) is 62.7 Å². The molecule has 8 rings (SSSR count). The Balaban J connectivity index is 1.25. The number of nitrogens with zero attached hydrogens (tertiary/aromatic N) is 3. The number of amides is 2. The standard InChI is InChI=1S/C58H63N5O20S6/c1-57(2)51(62(27-11-29-84(66,67)68)47-22-19-42-44(54(47)57)31-40(86(72,73)74)33-49(42)88(78,79)80)24-17-38(46-21-16-39(36-60-46)56(65)59-26-10-6-9-15-53(64)61-35-37-13-7-5-8-14-37)18-25-52-58(3,4)55-45-32-41(87(75,76)77)34-50(89(81,82)83)43(45)20-23-48(55)63(52)28-12-30-85(69,70)71/h5,7-8,13-14,16-25,31-34,36H,6,9-12,15,26-30,35H2,1-4H3,(H7-,59,61,64,65,66,67,68,69,70,71,72,73,74,75,76,77,78,79,80,81,82,83)/p+1. The first kappa shape index (κ1) is 67.8. The van der Waals surface area contributed by atoms with Gasteiger partial charge in [0.05, 0.1) is 38.0 Å². The molecular formula is C58H64N5O20S6+. The Morgan fingerprint density at radius 3 is 1.75 bits per heavy atom. The molecule has 476 valence electrons. The normalized spacial score (nSPS) is 16.0. The first-order chi connectivity index (χ1) is 41.3. The van der Waals surface area contributed by atoms with Crippen molar-refractivity contribution in [3.05, 3.63) is 155 Å². The summed E-state index contributed by atoms with van der Waals surface area (Å²) in [6, 6.07) is 21.2.